The molecular weight excluding hydrogens is 226 g/mol. The second kappa shape index (κ2) is 5.44. The van der Waals surface area contributed by atoms with E-state index in [0.29, 0.717) is 12.5 Å². The molecule has 1 rings (SSSR count). The SMILES string of the molecule is CC(C)CNCc1c(C(=O)O)[nH]c(=O)[nH]c1=O. The number of carboxylic acid groups (broad SMARTS) is 1. The zero-order chi connectivity index (χ0) is 13.0. The number of hydrogen-bond acceptors (Lipinski definition) is 4. The quantitative estimate of drug-likeness (QED) is 0.555. The highest BCUT2D eigenvalue weighted by Crippen LogP contribution is 1.98. The summed E-state index contributed by atoms with van der Waals surface area (Å²) < 4.78 is 0. The first-order chi connectivity index (χ1) is 7.91. The first kappa shape index (κ1) is 13.2. The number of H-pyrrole nitrogens is 2. The molecule has 0 bridgehead atoms. The van der Waals surface area contributed by atoms with Crippen molar-refractivity contribution in [2.75, 3.05) is 6.54 Å². The molecule has 7 heteroatoms. The number of carboxylic acids is 1. The third kappa shape index (κ3) is 3.56. The van der Waals surface area contributed by atoms with E-state index < -0.39 is 17.2 Å². The maximum atomic E-state index is 11.5. The maximum Gasteiger partial charge on any atom is 0.352 e. The van der Waals surface area contributed by atoms with Crippen molar-refractivity contribution in [2.24, 2.45) is 5.92 Å². The van der Waals surface area contributed by atoms with Gasteiger partial charge in [-0.25, -0.2) is 9.59 Å². The molecule has 0 radical (unpaired) electrons. The topological polar surface area (TPSA) is 115 Å². The van der Waals surface area contributed by atoms with E-state index in [2.05, 4.69) is 10.3 Å². The van der Waals surface area contributed by atoms with Gasteiger partial charge in [0.05, 0.1) is 5.56 Å². The van der Waals surface area contributed by atoms with Crippen molar-refractivity contribution in [3.05, 3.63) is 32.1 Å². The van der Waals surface area contributed by atoms with Crippen molar-refractivity contribution in [2.45, 2.75) is 20.4 Å². The molecule has 7 nitrogen and oxygen atoms in total. The number of carbonyl (C=O) groups is 1. The van der Waals surface area contributed by atoms with Crippen molar-refractivity contribution in [3.63, 3.8) is 0 Å². The second-order valence-electron chi connectivity index (χ2n) is 4.09. The standard InChI is InChI=1S/C10H15N3O4/c1-5(2)3-11-4-6-7(9(15)16)12-10(17)13-8(6)14/h5,11H,3-4H2,1-2H3,(H,15,16)(H2,12,13,14,17). The van der Waals surface area contributed by atoms with Gasteiger partial charge in [0.15, 0.2) is 0 Å². The van der Waals surface area contributed by atoms with E-state index in [0.717, 1.165) is 0 Å². The molecular formula is C10H15N3O4. The number of rotatable bonds is 5. The highest BCUT2D eigenvalue weighted by Gasteiger charge is 2.15. The van der Waals surface area contributed by atoms with Crippen molar-refractivity contribution in [1.29, 1.82) is 0 Å². The third-order valence-corrected chi connectivity index (χ3v) is 2.11. The normalized spacial score (nSPS) is 10.8. The molecule has 1 aromatic heterocycles. The average molecular weight is 241 g/mol. The first-order valence-electron chi connectivity index (χ1n) is 5.21. The molecule has 0 saturated carbocycles. The van der Waals surface area contributed by atoms with Crippen LogP contribution < -0.4 is 16.6 Å². The van der Waals surface area contributed by atoms with E-state index in [1.54, 1.807) is 0 Å². The fourth-order valence-electron chi connectivity index (χ4n) is 1.35. The fraction of sp³-hybridized carbons (Fsp3) is 0.500. The Hall–Kier alpha value is -1.89. The summed E-state index contributed by atoms with van der Waals surface area (Å²) in [5.74, 6) is -0.945. The van der Waals surface area contributed by atoms with Gasteiger partial charge in [0, 0.05) is 6.54 Å². The van der Waals surface area contributed by atoms with Crippen LogP contribution >= 0.6 is 0 Å². The van der Waals surface area contributed by atoms with E-state index >= 15 is 0 Å². The minimum Gasteiger partial charge on any atom is -0.477 e. The summed E-state index contributed by atoms with van der Waals surface area (Å²) in [5, 5.41) is 11.8. The van der Waals surface area contributed by atoms with Crippen molar-refractivity contribution in [1.82, 2.24) is 15.3 Å². The first-order valence-corrected chi connectivity index (χ1v) is 5.21. The van der Waals surface area contributed by atoms with Gasteiger partial charge < -0.3 is 15.4 Å². The summed E-state index contributed by atoms with van der Waals surface area (Å²) >= 11 is 0. The number of aromatic nitrogens is 2. The van der Waals surface area contributed by atoms with Gasteiger partial charge in [-0.3, -0.25) is 9.78 Å². The smallest absolute Gasteiger partial charge is 0.352 e. The van der Waals surface area contributed by atoms with Crippen LogP contribution in [-0.2, 0) is 6.54 Å². The second-order valence-corrected chi connectivity index (χ2v) is 4.09. The summed E-state index contributed by atoms with van der Waals surface area (Å²) in [7, 11) is 0. The lowest BCUT2D eigenvalue weighted by molar-refractivity contribution is 0.0688. The predicted molar refractivity (Wildman–Crippen MR) is 61.2 cm³/mol. The Morgan fingerprint density at radius 3 is 2.53 bits per heavy atom. The van der Waals surface area contributed by atoms with Crippen LogP contribution in [0.15, 0.2) is 9.59 Å². The molecule has 0 saturated heterocycles. The van der Waals surface area contributed by atoms with Gasteiger partial charge in [0.2, 0.25) is 0 Å². The molecule has 0 aromatic carbocycles. The van der Waals surface area contributed by atoms with Gasteiger partial charge in [-0.2, -0.15) is 0 Å². The fourth-order valence-corrected chi connectivity index (χ4v) is 1.35. The van der Waals surface area contributed by atoms with E-state index in [-0.39, 0.29) is 17.8 Å². The van der Waals surface area contributed by atoms with Gasteiger partial charge in [-0.05, 0) is 12.5 Å². The highest BCUT2D eigenvalue weighted by molar-refractivity contribution is 5.86. The Bertz CT molecular complexity index is 515. The molecule has 0 aliphatic carbocycles. The van der Waals surface area contributed by atoms with Gasteiger partial charge in [-0.15, -0.1) is 0 Å². The Morgan fingerprint density at radius 1 is 1.35 bits per heavy atom. The molecule has 0 aliphatic heterocycles. The van der Waals surface area contributed by atoms with Crippen LogP contribution in [0.2, 0.25) is 0 Å². The molecule has 17 heavy (non-hydrogen) atoms. The number of nitrogens with one attached hydrogen (secondary N) is 3. The van der Waals surface area contributed by atoms with Crippen LogP contribution in [0.3, 0.4) is 0 Å². The molecule has 0 amide bonds. The number of hydrogen-bond donors (Lipinski definition) is 4. The lowest BCUT2D eigenvalue weighted by Crippen LogP contribution is -2.33. The summed E-state index contributed by atoms with van der Waals surface area (Å²) in [5.41, 5.74) is -1.84. The minimum atomic E-state index is -1.32. The van der Waals surface area contributed by atoms with Crippen LogP contribution in [0.4, 0.5) is 0 Å². The summed E-state index contributed by atoms with van der Waals surface area (Å²) in [6.45, 7) is 4.73. The van der Waals surface area contributed by atoms with Crippen molar-refractivity contribution < 1.29 is 9.90 Å². The molecule has 0 fully saturated rings. The molecule has 4 N–H and O–H groups in total. The van der Waals surface area contributed by atoms with Crippen LogP contribution in [0, 0.1) is 5.92 Å². The van der Waals surface area contributed by atoms with Crippen LogP contribution in [0.1, 0.15) is 29.9 Å². The Morgan fingerprint density at radius 2 is 2.00 bits per heavy atom. The van der Waals surface area contributed by atoms with Gasteiger partial charge in [-0.1, -0.05) is 13.8 Å². The average Bonchev–Trinajstić information content (AvgIpc) is 2.19. The van der Waals surface area contributed by atoms with Crippen LogP contribution in [0.5, 0.6) is 0 Å². The zero-order valence-corrected chi connectivity index (χ0v) is 9.66. The van der Waals surface area contributed by atoms with Crippen molar-refractivity contribution >= 4 is 5.97 Å². The molecule has 1 aromatic rings. The molecule has 0 spiro atoms. The minimum absolute atomic E-state index is 0.0257. The zero-order valence-electron chi connectivity index (χ0n) is 9.66. The van der Waals surface area contributed by atoms with Crippen LogP contribution in [-0.4, -0.2) is 27.6 Å². The molecule has 0 aliphatic rings. The molecule has 94 valence electrons. The Labute approximate surface area is 96.9 Å². The van der Waals surface area contributed by atoms with E-state index in [1.807, 2.05) is 18.8 Å². The Kier molecular flexibility index (Phi) is 4.22. The molecule has 0 unspecified atom stereocenters. The summed E-state index contributed by atoms with van der Waals surface area (Å²) in [6, 6.07) is 0. The lowest BCUT2D eigenvalue weighted by Gasteiger charge is -2.08. The maximum absolute atomic E-state index is 11.5. The monoisotopic (exact) mass is 241 g/mol. The molecule has 0 atom stereocenters. The predicted octanol–water partition coefficient (Wildman–Crippen LogP) is -0.493. The van der Waals surface area contributed by atoms with E-state index in [4.69, 9.17) is 5.11 Å². The molecule has 1 heterocycles. The van der Waals surface area contributed by atoms with E-state index in [9.17, 15) is 14.4 Å². The number of aromatic carboxylic acids is 1. The third-order valence-electron chi connectivity index (χ3n) is 2.11. The summed E-state index contributed by atoms with van der Waals surface area (Å²) in [6.07, 6.45) is 0. The highest BCUT2D eigenvalue weighted by atomic mass is 16.4. The van der Waals surface area contributed by atoms with Crippen molar-refractivity contribution in [3.8, 4) is 0 Å². The summed E-state index contributed by atoms with van der Waals surface area (Å²) in [4.78, 5) is 37.4. The van der Waals surface area contributed by atoms with Gasteiger partial charge in [0.1, 0.15) is 5.69 Å². The Balaban J connectivity index is 3.01. The lowest BCUT2D eigenvalue weighted by atomic mass is 10.2. The van der Waals surface area contributed by atoms with Gasteiger partial charge in [0.25, 0.3) is 5.56 Å². The van der Waals surface area contributed by atoms with E-state index in [1.165, 1.54) is 0 Å². The van der Waals surface area contributed by atoms with Gasteiger partial charge >= 0.3 is 11.7 Å². The number of aromatic amines is 2. The van der Waals surface area contributed by atoms with Crippen LogP contribution in [0.25, 0.3) is 0 Å². The largest absolute Gasteiger partial charge is 0.477 e.